The second-order valence-corrected chi connectivity index (χ2v) is 2.97. The van der Waals surface area contributed by atoms with Gasteiger partial charge in [0, 0.05) is 0 Å². The Morgan fingerprint density at radius 3 is 2.92 bits per heavy atom. The Hall–Kier alpha value is -1.36. The quantitative estimate of drug-likeness (QED) is 0.720. The van der Waals surface area contributed by atoms with Gasteiger partial charge in [0.1, 0.15) is 0 Å². The summed E-state index contributed by atoms with van der Waals surface area (Å²) >= 11 is 1.16. The van der Waals surface area contributed by atoms with Crippen LogP contribution in [0.4, 0.5) is 0 Å². The fourth-order valence-electron chi connectivity index (χ4n) is 0.597. The summed E-state index contributed by atoms with van der Waals surface area (Å²) in [5.41, 5.74) is 0.0378. The van der Waals surface area contributed by atoms with Crippen LogP contribution in [-0.2, 0) is 4.79 Å². The third-order valence-electron chi connectivity index (χ3n) is 1.21. The van der Waals surface area contributed by atoms with E-state index in [1.165, 1.54) is 13.3 Å². The van der Waals surface area contributed by atoms with Crippen molar-refractivity contribution in [3.05, 3.63) is 17.7 Å². The number of thiazole rings is 1. The second-order valence-electron chi connectivity index (χ2n) is 1.98. The van der Waals surface area contributed by atoms with E-state index < -0.39 is 5.97 Å². The maximum Gasteiger partial charge on any atom is 0.336 e. The van der Waals surface area contributed by atoms with Gasteiger partial charge in [0.25, 0.3) is 5.19 Å². The zero-order valence-electron chi connectivity index (χ0n) is 6.40. The zero-order chi connectivity index (χ0) is 9.14. The number of ether oxygens (including phenoxy) is 1. The highest BCUT2D eigenvalue weighted by Crippen LogP contribution is 2.25. The van der Waals surface area contributed by atoms with Crippen LogP contribution in [0, 0.1) is 0 Å². The monoisotopic (exact) mass is 185 g/mol. The highest BCUT2D eigenvalue weighted by atomic mass is 32.1. The van der Waals surface area contributed by atoms with E-state index in [1.54, 1.807) is 0 Å². The first-order valence-corrected chi connectivity index (χ1v) is 3.89. The molecule has 0 spiro atoms. The summed E-state index contributed by atoms with van der Waals surface area (Å²) in [5, 5.41) is 8.99. The molecule has 0 aromatic carbocycles. The van der Waals surface area contributed by atoms with Crippen LogP contribution in [0.2, 0.25) is 0 Å². The van der Waals surface area contributed by atoms with Gasteiger partial charge in [-0.1, -0.05) is 17.9 Å². The van der Waals surface area contributed by atoms with Gasteiger partial charge < -0.3 is 9.84 Å². The van der Waals surface area contributed by atoms with Gasteiger partial charge in [0.2, 0.25) is 0 Å². The predicted molar refractivity (Wildman–Crippen MR) is 45.3 cm³/mol. The van der Waals surface area contributed by atoms with Crippen molar-refractivity contribution < 1.29 is 14.6 Å². The Kier molecular flexibility index (Phi) is 2.44. The molecule has 4 nitrogen and oxygen atoms in total. The average molecular weight is 185 g/mol. The van der Waals surface area contributed by atoms with E-state index in [9.17, 15) is 4.79 Å². The minimum absolute atomic E-state index is 0.0378. The number of hydrogen-bond acceptors (Lipinski definition) is 4. The van der Waals surface area contributed by atoms with Gasteiger partial charge in [-0.25, -0.2) is 9.78 Å². The largest absolute Gasteiger partial charge is 0.478 e. The molecule has 1 N–H and O–H groups in total. The van der Waals surface area contributed by atoms with Crippen molar-refractivity contribution >= 4 is 22.9 Å². The third-order valence-corrected chi connectivity index (χ3v) is 2.23. The van der Waals surface area contributed by atoms with Crippen LogP contribution in [0.3, 0.4) is 0 Å². The molecule has 64 valence electrons. The summed E-state index contributed by atoms with van der Waals surface area (Å²) < 4.78 is 4.80. The standard InChI is InChI=1S/C7H7NO3S/c1-4(6(9)10)5-3-8-7(11-2)12-5/h3H,1H2,2H3,(H,9,10). The summed E-state index contributed by atoms with van der Waals surface area (Å²) in [6.07, 6.45) is 1.43. The molecule has 0 saturated carbocycles. The molecule has 0 fully saturated rings. The number of carboxylic acids is 1. The Bertz CT molecular complexity index is 318. The smallest absolute Gasteiger partial charge is 0.336 e. The normalized spacial score (nSPS) is 9.42. The molecule has 0 unspecified atom stereocenters. The van der Waals surface area contributed by atoms with E-state index in [0.29, 0.717) is 10.1 Å². The van der Waals surface area contributed by atoms with Gasteiger partial charge in [-0.15, -0.1) is 0 Å². The SMILES string of the molecule is C=C(C(=O)O)c1cnc(OC)s1. The molecular formula is C7H7NO3S. The van der Waals surface area contributed by atoms with Crippen molar-refractivity contribution in [3.63, 3.8) is 0 Å². The molecule has 0 saturated heterocycles. The molecule has 1 aromatic rings. The number of aliphatic carboxylic acids is 1. The summed E-state index contributed by atoms with van der Waals surface area (Å²) in [6, 6.07) is 0. The lowest BCUT2D eigenvalue weighted by Crippen LogP contribution is -1.95. The van der Waals surface area contributed by atoms with Crippen LogP contribution >= 0.6 is 11.3 Å². The number of rotatable bonds is 3. The van der Waals surface area contributed by atoms with E-state index in [4.69, 9.17) is 9.84 Å². The molecule has 1 aromatic heterocycles. The number of methoxy groups -OCH3 is 1. The molecule has 0 bridgehead atoms. The van der Waals surface area contributed by atoms with Gasteiger partial charge in [0.15, 0.2) is 0 Å². The molecule has 0 radical (unpaired) electrons. The first-order chi connectivity index (χ1) is 5.65. The Morgan fingerprint density at radius 2 is 2.50 bits per heavy atom. The van der Waals surface area contributed by atoms with Gasteiger partial charge in [-0.05, 0) is 0 Å². The van der Waals surface area contributed by atoms with Crippen molar-refractivity contribution in [2.75, 3.05) is 7.11 Å². The molecule has 5 heteroatoms. The van der Waals surface area contributed by atoms with Gasteiger partial charge in [-0.3, -0.25) is 0 Å². The van der Waals surface area contributed by atoms with Crippen LogP contribution in [0.25, 0.3) is 5.57 Å². The third kappa shape index (κ3) is 1.62. The van der Waals surface area contributed by atoms with E-state index in [2.05, 4.69) is 11.6 Å². The van der Waals surface area contributed by atoms with Crippen LogP contribution in [-0.4, -0.2) is 23.2 Å². The minimum Gasteiger partial charge on any atom is -0.478 e. The van der Waals surface area contributed by atoms with Crippen LogP contribution in [0.5, 0.6) is 5.19 Å². The van der Waals surface area contributed by atoms with E-state index in [-0.39, 0.29) is 5.57 Å². The number of carboxylic acid groups (broad SMARTS) is 1. The van der Waals surface area contributed by atoms with Crippen LogP contribution in [0.1, 0.15) is 4.88 Å². The fourth-order valence-corrected chi connectivity index (χ4v) is 1.29. The maximum absolute atomic E-state index is 10.4. The number of aromatic nitrogens is 1. The first kappa shape index (κ1) is 8.73. The minimum atomic E-state index is -1.04. The number of hydrogen-bond donors (Lipinski definition) is 1. The van der Waals surface area contributed by atoms with E-state index in [1.807, 2.05) is 0 Å². The van der Waals surface area contributed by atoms with Crippen LogP contribution < -0.4 is 4.74 Å². The molecule has 1 heterocycles. The summed E-state index contributed by atoms with van der Waals surface area (Å²) in [6.45, 7) is 3.39. The molecule has 0 aliphatic heterocycles. The summed E-state index contributed by atoms with van der Waals surface area (Å²) in [7, 11) is 1.48. The van der Waals surface area contributed by atoms with Crippen molar-refractivity contribution in [1.29, 1.82) is 0 Å². The highest BCUT2D eigenvalue weighted by molar-refractivity contribution is 7.14. The van der Waals surface area contributed by atoms with Gasteiger partial charge in [-0.2, -0.15) is 0 Å². The number of nitrogens with zero attached hydrogens (tertiary/aromatic N) is 1. The molecular weight excluding hydrogens is 178 g/mol. The van der Waals surface area contributed by atoms with Crippen molar-refractivity contribution in [1.82, 2.24) is 4.98 Å². The fraction of sp³-hybridized carbons (Fsp3) is 0.143. The second kappa shape index (κ2) is 3.36. The summed E-state index contributed by atoms with van der Waals surface area (Å²) in [5.74, 6) is -1.04. The molecule has 0 amide bonds. The van der Waals surface area contributed by atoms with E-state index >= 15 is 0 Å². The maximum atomic E-state index is 10.4. The van der Waals surface area contributed by atoms with E-state index in [0.717, 1.165) is 11.3 Å². The Labute approximate surface area is 73.1 Å². The Balaban J connectivity index is 2.89. The van der Waals surface area contributed by atoms with Gasteiger partial charge >= 0.3 is 5.97 Å². The summed E-state index contributed by atoms with van der Waals surface area (Å²) in [4.78, 5) is 14.8. The van der Waals surface area contributed by atoms with Crippen molar-refractivity contribution in [3.8, 4) is 5.19 Å². The number of carbonyl (C=O) groups is 1. The molecule has 0 aliphatic carbocycles. The Morgan fingerprint density at radius 1 is 1.83 bits per heavy atom. The molecule has 12 heavy (non-hydrogen) atoms. The molecule has 1 rings (SSSR count). The van der Waals surface area contributed by atoms with Crippen molar-refractivity contribution in [2.24, 2.45) is 0 Å². The molecule has 0 atom stereocenters. The van der Waals surface area contributed by atoms with Gasteiger partial charge in [0.05, 0.1) is 23.8 Å². The highest BCUT2D eigenvalue weighted by Gasteiger charge is 2.10. The van der Waals surface area contributed by atoms with Crippen molar-refractivity contribution in [2.45, 2.75) is 0 Å². The zero-order valence-corrected chi connectivity index (χ0v) is 7.22. The lowest BCUT2D eigenvalue weighted by molar-refractivity contribution is -0.130. The topological polar surface area (TPSA) is 59.4 Å². The van der Waals surface area contributed by atoms with Crippen LogP contribution in [0.15, 0.2) is 12.8 Å². The predicted octanol–water partition coefficient (Wildman–Crippen LogP) is 1.25. The lowest BCUT2D eigenvalue weighted by Gasteiger charge is -1.91. The lowest BCUT2D eigenvalue weighted by atomic mass is 10.3. The molecule has 0 aliphatic rings. The first-order valence-electron chi connectivity index (χ1n) is 3.07. The average Bonchev–Trinajstić information content (AvgIpc) is 2.50.